The van der Waals surface area contributed by atoms with E-state index < -0.39 is 0 Å². The minimum Gasteiger partial charge on any atom is -0.489 e. The zero-order valence-corrected chi connectivity index (χ0v) is 14.8. The van der Waals surface area contributed by atoms with Crippen molar-refractivity contribution in [3.8, 4) is 5.75 Å². The summed E-state index contributed by atoms with van der Waals surface area (Å²) in [5, 5.41) is 4.25. The maximum absolute atomic E-state index is 5.88. The summed E-state index contributed by atoms with van der Waals surface area (Å²) in [4.78, 5) is 11.7. The van der Waals surface area contributed by atoms with Gasteiger partial charge in [-0.3, -0.25) is 0 Å². The van der Waals surface area contributed by atoms with Crippen molar-refractivity contribution in [3.05, 3.63) is 77.2 Å². The van der Waals surface area contributed by atoms with E-state index in [1.165, 1.54) is 6.33 Å². The van der Waals surface area contributed by atoms with Crippen molar-refractivity contribution in [1.82, 2.24) is 15.0 Å². The average Bonchev–Trinajstić information content (AvgIpc) is 3.03. The molecule has 2 aromatic heterocycles. The summed E-state index contributed by atoms with van der Waals surface area (Å²) in [5.74, 6) is 1.54. The van der Waals surface area contributed by atoms with Crippen LogP contribution >= 0.6 is 15.9 Å². The molecule has 0 amide bonds. The molecule has 0 unspecified atom stereocenters. The van der Waals surface area contributed by atoms with E-state index in [-0.39, 0.29) is 0 Å². The van der Waals surface area contributed by atoms with Gasteiger partial charge in [0, 0.05) is 11.8 Å². The molecule has 25 heavy (non-hydrogen) atoms. The third-order valence-corrected chi connectivity index (χ3v) is 4.17. The van der Waals surface area contributed by atoms with Crippen LogP contribution in [0.1, 0.15) is 5.56 Å². The van der Waals surface area contributed by atoms with Crippen molar-refractivity contribution in [2.45, 2.75) is 6.61 Å². The van der Waals surface area contributed by atoms with Crippen molar-refractivity contribution in [2.24, 2.45) is 0 Å². The number of nitrogens with zero attached hydrogens (tertiary/aromatic N) is 2. The van der Waals surface area contributed by atoms with Crippen LogP contribution in [-0.2, 0) is 6.61 Å². The summed E-state index contributed by atoms with van der Waals surface area (Å²) in [5.41, 5.74) is 2.82. The minimum absolute atomic E-state index is 0.535. The van der Waals surface area contributed by atoms with Gasteiger partial charge in [0.25, 0.3) is 0 Å². The van der Waals surface area contributed by atoms with Gasteiger partial charge < -0.3 is 15.0 Å². The number of ether oxygens (including phenoxy) is 1. The van der Waals surface area contributed by atoms with Gasteiger partial charge in [0.1, 0.15) is 30.1 Å². The van der Waals surface area contributed by atoms with E-state index in [9.17, 15) is 0 Å². The molecule has 0 fully saturated rings. The number of H-pyrrole nitrogens is 1. The molecule has 5 nitrogen and oxygen atoms in total. The molecule has 124 valence electrons. The fourth-order valence-corrected chi connectivity index (χ4v) is 2.97. The SMILES string of the molecule is Brc1cc2c(Nc3cccc(OCc4ccccc4)c3)ncnc2[nH]1. The Hall–Kier alpha value is -2.86. The Morgan fingerprint density at radius 2 is 1.88 bits per heavy atom. The van der Waals surface area contributed by atoms with Crippen molar-refractivity contribution >= 4 is 38.5 Å². The van der Waals surface area contributed by atoms with E-state index in [1.807, 2.05) is 60.7 Å². The number of nitrogens with one attached hydrogen (secondary N) is 2. The molecule has 0 atom stereocenters. The van der Waals surface area contributed by atoms with E-state index in [0.717, 1.165) is 38.5 Å². The van der Waals surface area contributed by atoms with Crippen molar-refractivity contribution < 1.29 is 4.74 Å². The summed E-state index contributed by atoms with van der Waals surface area (Å²) in [6.45, 7) is 0.535. The summed E-state index contributed by atoms with van der Waals surface area (Å²) in [7, 11) is 0. The molecular formula is C19H15BrN4O. The molecule has 0 aliphatic rings. The molecule has 0 spiro atoms. The van der Waals surface area contributed by atoms with E-state index in [2.05, 4.69) is 36.2 Å². The van der Waals surface area contributed by atoms with Gasteiger partial charge in [0.2, 0.25) is 0 Å². The summed E-state index contributed by atoms with van der Waals surface area (Å²) in [6, 6.07) is 19.9. The van der Waals surface area contributed by atoms with Crippen molar-refractivity contribution in [1.29, 1.82) is 0 Å². The lowest BCUT2D eigenvalue weighted by Crippen LogP contribution is -1.97. The first kappa shape index (κ1) is 15.7. The highest BCUT2D eigenvalue weighted by molar-refractivity contribution is 9.10. The third kappa shape index (κ3) is 3.64. The highest BCUT2D eigenvalue weighted by Gasteiger charge is 2.07. The molecule has 2 aromatic carbocycles. The molecule has 0 radical (unpaired) electrons. The second-order valence-corrected chi connectivity index (χ2v) is 6.38. The molecule has 4 aromatic rings. The first-order valence-corrected chi connectivity index (χ1v) is 8.60. The van der Waals surface area contributed by atoms with E-state index in [4.69, 9.17) is 4.74 Å². The normalized spacial score (nSPS) is 10.8. The Morgan fingerprint density at radius 3 is 2.76 bits per heavy atom. The average molecular weight is 395 g/mol. The monoisotopic (exact) mass is 394 g/mol. The Labute approximate surface area is 153 Å². The Morgan fingerprint density at radius 1 is 1.00 bits per heavy atom. The van der Waals surface area contributed by atoms with E-state index >= 15 is 0 Å². The Bertz CT molecular complexity index is 1000. The molecular weight excluding hydrogens is 380 g/mol. The molecule has 2 N–H and O–H groups in total. The number of rotatable bonds is 5. The fraction of sp³-hybridized carbons (Fsp3) is 0.0526. The van der Waals surface area contributed by atoms with Crippen LogP contribution in [0, 0.1) is 0 Å². The summed E-state index contributed by atoms with van der Waals surface area (Å²) in [6.07, 6.45) is 1.53. The van der Waals surface area contributed by atoms with Crippen LogP contribution in [0.2, 0.25) is 0 Å². The first-order chi connectivity index (χ1) is 12.3. The number of benzene rings is 2. The highest BCUT2D eigenvalue weighted by Crippen LogP contribution is 2.27. The topological polar surface area (TPSA) is 62.8 Å². The second kappa shape index (κ2) is 6.94. The molecule has 0 saturated carbocycles. The predicted octanol–water partition coefficient (Wildman–Crippen LogP) is 5.04. The molecule has 0 aliphatic heterocycles. The summed E-state index contributed by atoms with van der Waals surface area (Å²) >= 11 is 3.43. The number of fused-ring (bicyclic) bond motifs is 1. The van der Waals surface area contributed by atoms with Gasteiger partial charge in [-0.1, -0.05) is 36.4 Å². The zero-order valence-electron chi connectivity index (χ0n) is 13.2. The first-order valence-electron chi connectivity index (χ1n) is 7.81. The largest absolute Gasteiger partial charge is 0.489 e. The molecule has 2 heterocycles. The van der Waals surface area contributed by atoms with Crippen LogP contribution < -0.4 is 10.1 Å². The van der Waals surface area contributed by atoms with Crippen LogP contribution in [0.15, 0.2) is 71.6 Å². The quantitative estimate of drug-likeness (QED) is 0.497. The van der Waals surface area contributed by atoms with Crippen molar-refractivity contribution in [2.75, 3.05) is 5.32 Å². The second-order valence-electron chi connectivity index (χ2n) is 5.53. The number of hydrogen-bond acceptors (Lipinski definition) is 4. The Balaban J connectivity index is 1.53. The van der Waals surface area contributed by atoms with E-state index in [0.29, 0.717) is 6.61 Å². The Kier molecular flexibility index (Phi) is 4.35. The molecule has 0 bridgehead atoms. The van der Waals surface area contributed by atoms with Gasteiger partial charge in [0.05, 0.1) is 9.99 Å². The maximum atomic E-state index is 5.88. The lowest BCUT2D eigenvalue weighted by molar-refractivity contribution is 0.306. The zero-order chi connectivity index (χ0) is 17.1. The molecule has 4 rings (SSSR count). The van der Waals surface area contributed by atoms with Crippen LogP contribution in [-0.4, -0.2) is 15.0 Å². The summed E-state index contributed by atoms with van der Waals surface area (Å²) < 4.78 is 6.74. The van der Waals surface area contributed by atoms with Crippen LogP contribution in [0.4, 0.5) is 11.5 Å². The number of aromatic amines is 1. The predicted molar refractivity (Wildman–Crippen MR) is 102 cm³/mol. The molecule has 6 heteroatoms. The number of halogens is 1. The van der Waals surface area contributed by atoms with Crippen molar-refractivity contribution in [3.63, 3.8) is 0 Å². The van der Waals surface area contributed by atoms with Gasteiger partial charge in [0.15, 0.2) is 0 Å². The third-order valence-electron chi connectivity index (χ3n) is 3.74. The molecule has 0 saturated heterocycles. The highest BCUT2D eigenvalue weighted by atomic mass is 79.9. The van der Waals surface area contributed by atoms with Gasteiger partial charge in [-0.25, -0.2) is 9.97 Å². The molecule has 0 aliphatic carbocycles. The van der Waals surface area contributed by atoms with Gasteiger partial charge in [-0.05, 0) is 39.7 Å². The number of anilines is 2. The van der Waals surface area contributed by atoms with Gasteiger partial charge in [-0.2, -0.15) is 0 Å². The van der Waals surface area contributed by atoms with Crippen LogP contribution in [0.25, 0.3) is 11.0 Å². The van der Waals surface area contributed by atoms with E-state index in [1.54, 1.807) is 0 Å². The van der Waals surface area contributed by atoms with Crippen LogP contribution in [0.3, 0.4) is 0 Å². The van der Waals surface area contributed by atoms with Gasteiger partial charge in [-0.15, -0.1) is 0 Å². The smallest absolute Gasteiger partial charge is 0.143 e. The maximum Gasteiger partial charge on any atom is 0.143 e. The fourth-order valence-electron chi connectivity index (χ4n) is 2.55. The number of hydrogen-bond donors (Lipinski definition) is 2. The van der Waals surface area contributed by atoms with Crippen LogP contribution in [0.5, 0.6) is 5.75 Å². The lowest BCUT2D eigenvalue weighted by atomic mass is 10.2. The minimum atomic E-state index is 0.535. The number of aromatic nitrogens is 3. The van der Waals surface area contributed by atoms with Gasteiger partial charge >= 0.3 is 0 Å². The lowest BCUT2D eigenvalue weighted by Gasteiger charge is -2.10. The standard InChI is InChI=1S/C19H15BrN4O/c20-17-10-16-18(21-12-22-19(16)24-17)23-14-7-4-8-15(9-14)25-11-13-5-2-1-3-6-13/h1-10,12H,11H2,(H2,21,22,23,24).